The summed E-state index contributed by atoms with van der Waals surface area (Å²) in [5.41, 5.74) is 10.4. The van der Waals surface area contributed by atoms with E-state index in [0.29, 0.717) is 28.6 Å². The van der Waals surface area contributed by atoms with E-state index in [-0.39, 0.29) is 11.5 Å². The van der Waals surface area contributed by atoms with Crippen molar-refractivity contribution in [3.63, 3.8) is 0 Å². The van der Waals surface area contributed by atoms with E-state index in [4.69, 9.17) is 0 Å². The number of amides is 4. The highest BCUT2D eigenvalue weighted by molar-refractivity contribution is 7.99. The quantitative estimate of drug-likeness (QED) is 0.0357. The van der Waals surface area contributed by atoms with Crippen molar-refractivity contribution in [3.8, 4) is 0 Å². The minimum absolute atomic E-state index is 0.233. The fourth-order valence-electron chi connectivity index (χ4n) is 6.76. The van der Waals surface area contributed by atoms with Crippen LogP contribution in [0.5, 0.6) is 0 Å². The molecular formula is C55H72N4O6S2. The highest BCUT2D eigenvalue weighted by Crippen LogP contribution is 2.29. The predicted molar refractivity (Wildman–Crippen MR) is 285 cm³/mol. The van der Waals surface area contributed by atoms with Gasteiger partial charge in [0.15, 0.2) is 0 Å². The third-order valence-corrected chi connectivity index (χ3v) is 12.8. The first-order valence-corrected chi connectivity index (χ1v) is 25.4. The molecule has 4 amide bonds. The van der Waals surface area contributed by atoms with Gasteiger partial charge in [0.05, 0.1) is 11.4 Å². The average Bonchev–Trinajstić information content (AvgIpc) is 3.29. The zero-order chi connectivity index (χ0) is 49.0. The molecule has 0 bridgehead atoms. The van der Waals surface area contributed by atoms with Crippen molar-refractivity contribution < 1.29 is 29.4 Å². The van der Waals surface area contributed by atoms with Crippen LogP contribution in [0.25, 0.3) is 5.57 Å². The molecule has 0 saturated heterocycles. The Balaban J connectivity index is 1.51. The fourth-order valence-corrected chi connectivity index (χ4v) is 8.76. The van der Waals surface area contributed by atoms with E-state index in [1.54, 1.807) is 24.3 Å². The van der Waals surface area contributed by atoms with Gasteiger partial charge in [0.2, 0.25) is 0 Å². The van der Waals surface area contributed by atoms with Crippen LogP contribution in [-0.4, -0.2) is 69.3 Å². The van der Waals surface area contributed by atoms with Crippen molar-refractivity contribution in [2.45, 2.75) is 112 Å². The van der Waals surface area contributed by atoms with Crippen molar-refractivity contribution in [1.29, 1.82) is 0 Å². The van der Waals surface area contributed by atoms with Crippen molar-refractivity contribution >= 4 is 70.2 Å². The van der Waals surface area contributed by atoms with Gasteiger partial charge in [-0.25, -0.2) is 19.2 Å². The van der Waals surface area contributed by atoms with Gasteiger partial charge in [0.25, 0.3) is 0 Å². The molecule has 0 aliphatic rings. The van der Waals surface area contributed by atoms with Crippen LogP contribution in [0.3, 0.4) is 0 Å². The summed E-state index contributed by atoms with van der Waals surface area (Å²) in [6.07, 6.45) is 20.9. The molecular weight excluding hydrogens is 877 g/mol. The Morgan fingerprint density at radius 2 is 1.01 bits per heavy atom. The first-order chi connectivity index (χ1) is 32.1. The van der Waals surface area contributed by atoms with Gasteiger partial charge in [-0.2, -0.15) is 23.5 Å². The number of thioether (sulfide) groups is 2. The van der Waals surface area contributed by atoms with Crippen LogP contribution in [0.2, 0.25) is 0 Å². The van der Waals surface area contributed by atoms with Gasteiger partial charge in [-0.1, -0.05) is 113 Å². The third-order valence-electron chi connectivity index (χ3n) is 10.8. The van der Waals surface area contributed by atoms with Gasteiger partial charge in [0, 0.05) is 28.7 Å². The lowest BCUT2D eigenvalue weighted by molar-refractivity contribution is -0.139. The number of nitrogens with zero attached hydrogens (tertiary/aromatic N) is 1. The summed E-state index contributed by atoms with van der Waals surface area (Å²) in [4.78, 5) is 51.9. The van der Waals surface area contributed by atoms with Gasteiger partial charge in [-0.05, 0) is 147 Å². The highest BCUT2D eigenvalue weighted by atomic mass is 32.2. The van der Waals surface area contributed by atoms with Gasteiger partial charge in [0.1, 0.15) is 12.1 Å². The molecule has 0 saturated carbocycles. The largest absolute Gasteiger partial charge is 0.480 e. The number of carbonyl (C=O) groups excluding carboxylic acids is 2. The number of nitrogens with one attached hydrogen (secondary N) is 3. The van der Waals surface area contributed by atoms with Gasteiger partial charge >= 0.3 is 24.0 Å². The summed E-state index contributed by atoms with van der Waals surface area (Å²) in [5, 5.41) is 27.7. The molecule has 67 heavy (non-hydrogen) atoms. The summed E-state index contributed by atoms with van der Waals surface area (Å²) in [6, 6.07) is 22.8. The third kappa shape index (κ3) is 23.0. The lowest BCUT2D eigenvalue weighted by atomic mass is 10.0. The van der Waals surface area contributed by atoms with E-state index in [9.17, 15) is 29.4 Å². The monoisotopic (exact) mass is 948 g/mol. The topological polar surface area (TPSA) is 148 Å². The maximum atomic E-state index is 14.0. The van der Waals surface area contributed by atoms with E-state index < -0.39 is 36.1 Å². The number of benzene rings is 3. The van der Waals surface area contributed by atoms with Gasteiger partial charge < -0.3 is 26.2 Å². The Kier molecular flexibility index (Phi) is 26.0. The van der Waals surface area contributed by atoms with E-state index in [0.717, 1.165) is 62.5 Å². The van der Waals surface area contributed by atoms with E-state index >= 15 is 0 Å². The summed E-state index contributed by atoms with van der Waals surface area (Å²) in [6.45, 7) is 14.8. The molecule has 10 nitrogen and oxygen atoms in total. The Bertz CT molecular complexity index is 2230. The number of aliphatic carboxylic acids is 2. The van der Waals surface area contributed by atoms with E-state index in [1.165, 1.54) is 56.3 Å². The van der Waals surface area contributed by atoms with E-state index in [1.807, 2.05) is 60.7 Å². The number of anilines is 3. The first kappa shape index (κ1) is 55.6. The van der Waals surface area contributed by atoms with Gasteiger partial charge in [-0.3, -0.25) is 4.90 Å². The predicted octanol–water partition coefficient (Wildman–Crippen LogP) is 14.0. The molecule has 2 atom stereocenters. The number of carboxylic acid groups (broad SMARTS) is 2. The number of para-hydroxylation sites is 2. The summed E-state index contributed by atoms with van der Waals surface area (Å²) in [7, 11) is 0. The Morgan fingerprint density at radius 3 is 1.54 bits per heavy atom. The summed E-state index contributed by atoms with van der Waals surface area (Å²) >= 11 is 2.95. The smallest absolute Gasteiger partial charge is 0.327 e. The Hall–Kier alpha value is -5.72. The van der Waals surface area contributed by atoms with Crippen LogP contribution < -0.4 is 20.9 Å². The van der Waals surface area contributed by atoms with Crippen LogP contribution >= 0.6 is 23.5 Å². The fraction of sp³-hybridized carbons (Fsp3) is 0.382. The molecule has 0 heterocycles. The SMILES string of the molecule is CC(C)=CCC/C(C)=C/CC/C(C)=C/CSC[C@H](NC(=O)N(c1ccccc1)c1cccc(/C(C)=C/CC/C(C)=C/CC/C(C)=C/CSC[C@H](NC(=O)Nc2ccccc2)C(=O)O)c1)C(=O)O. The van der Waals surface area contributed by atoms with Crippen molar-refractivity contribution in [1.82, 2.24) is 10.6 Å². The highest BCUT2D eigenvalue weighted by Gasteiger charge is 2.26. The number of allylic oxidation sites excluding steroid dienone is 10. The zero-order valence-electron chi connectivity index (χ0n) is 40.5. The molecule has 3 aromatic rings. The lowest BCUT2D eigenvalue weighted by Gasteiger charge is -2.26. The molecule has 0 spiro atoms. The second-order valence-corrected chi connectivity index (χ2v) is 19.2. The molecule has 0 aromatic heterocycles. The lowest BCUT2D eigenvalue weighted by Crippen LogP contribution is -2.48. The average molecular weight is 949 g/mol. The number of hydrogen-bond acceptors (Lipinski definition) is 6. The molecule has 12 heteroatoms. The van der Waals surface area contributed by atoms with Crippen LogP contribution in [0.15, 0.2) is 149 Å². The Labute approximate surface area is 408 Å². The molecule has 3 aromatic carbocycles. The van der Waals surface area contributed by atoms with Crippen LogP contribution in [0.1, 0.15) is 105 Å². The molecule has 0 radical (unpaired) electrons. The molecule has 360 valence electrons. The normalized spacial score (nSPS) is 13.3. The maximum Gasteiger partial charge on any atom is 0.327 e. The van der Waals surface area contributed by atoms with Crippen molar-refractivity contribution in [3.05, 3.63) is 155 Å². The standard InChI is InChI=1S/C55H72N4O6S2/c1-40(2)19-14-20-41(3)21-15-23-44(6)34-36-67-39-51(53(62)63)58-55(65)59(48-30-12-9-13-31-48)49-32-18-27-46(37-49)45(7)26-17-25-42(4)22-16-24-43(5)33-35-66-38-50(52(60)61)57-54(64)56-47-28-10-8-11-29-47/h8-13,18-19,21-22,26-34,37,50-51H,14-17,20,23-25,35-36,38-39H2,1-7H3,(H,58,65)(H,60,61)(H,62,63)(H2,56,57,64)/b41-21+,42-22+,43-33+,44-34+,45-26+/t50-,51-/m0/s1. The number of carboxylic acids is 2. The first-order valence-electron chi connectivity index (χ1n) is 23.0. The van der Waals surface area contributed by atoms with E-state index in [2.05, 4.69) is 101 Å². The zero-order valence-corrected chi connectivity index (χ0v) is 42.1. The van der Waals surface area contributed by atoms with Crippen molar-refractivity contribution in [2.24, 2.45) is 0 Å². The minimum atomic E-state index is -1.08. The van der Waals surface area contributed by atoms with Crippen molar-refractivity contribution in [2.75, 3.05) is 33.2 Å². The molecule has 0 unspecified atom stereocenters. The number of rotatable bonds is 28. The minimum Gasteiger partial charge on any atom is -0.480 e. The molecule has 3 rings (SSSR count). The Morgan fingerprint density at radius 1 is 0.552 bits per heavy atom. The molecule has 5 N–H and O–H groups in total. The number of carbonyl (C=O) groups is 4. The molecule has 0 aliphatic heterocycles. The molecule has 0 fully saturated rings. The van der Waals surface area contributed by atoms with Crippen LogP contribution in [0, 0.1) is 0 Å². The second kappa shape index (κ2) is 31.3. The second-order valence-electron chi connectivity index (χ2n) is 17.0. The van der Waals surface area contributed by atoms with Crippen LogP contribution in [0.4, 0.5) is 26.7 Å². The summed E-state index contributed by atoms with van der Waals surface area (Å²) in [5.74, 6) is -0.360. The van der Waals surface area contributed by atoms with Crippen LogP contribution in [-0.2, 0) is 9.59 Å². The maximum absolute atomic E-state index is 14.0. The summed E-state index contributed by atoms with van der Waals surface area (Å²) < 4.78 is 0. The number of urea groups is 2. The van der Waals surface area contributed by atoms with Gasteiger partial charge in [-0.15, -0.1) is 0 Å². The molecule has 0 aliphatic carbocycles. The number of hydrogen-bond donors (Lipinski definition) is 5.